The third-order valence-corrected chi connectivity index (χ3v) is 4.47. The SMILES string of the molecule is CCOC(=O)Nc1cc(NC(c2ccccc2)c2ccccc2)c2[nH]cnc2n1.Cl. The van der Waals surface area contributed by atoms with Gasteiger partial charge in [-0.2, -0.15) is 0 Å². The second-order valence-corrected chi connectivity index (χ2v) is 6.40. The lowest BCUT2D eigenvalue weighted by Gasteiger charge is -2.22. The lowest BCUT2D eigenvalue weighted by Crippen LogP contribution is -2.16. The number of hydrogen-bond acceptors (Lipinski definition) is 5. The monoisotopic (exact) mass is 423 g/mol. The Morgan fingerprint density at radius 1 is 1.07 bits per heavy atom. The summed E-state index contributed by atoms with van der Waals surface area (Å²) in [5.74, 6) is 0.366. The highest BCUT2D eigenvalue weighted by molar-refractivity contribution is 5.91. The molecule has 0 aliphatic carbocycles. The van der Waals surface area contributed by atoms with Gasteiger partial charge in [0.15, 0.2) is 5.65 Å². The highest BCUT2D eigenvalue weighted by Crippen LogP contribution is 2.30. The van der Waals surface area contributed by atoms with Crippen LogP contribution in [0.5, 0.6) is 0 Å². The average molecular weight is 424 g/mol. The summed E-state index contributed by atoms with van der Waals surface area (Å²) in [5.41, 5.74) is 4.26. The zero-order valence-electron chi connectivity index (χ0n) is 16.3. The maximum Gasteiger partial charge on any atom is 0.412 e. The van der Waals surface area contributed by atoms with Gasteiger partial charge in [0, 0.05) is 6.07 Å². The number of nitrogens with one attached hydrogen (secondary N) is 3. The van der Waals surface area contributed by atoms with Crippen LogP contribution in [0.3, 0.4) is 0 Å². The summed E-state index contributed by atoms with van der Waals surface area (Å²) in [7, 11) is 0. The van der Waals surface area contributed by atoms with Crippen molar-refractivity contribution in [2.24, 2.45) is 0 Å². The first-order valence-electron chi connectivity index (χ1n) is 9.39. The summed E-state index contributed by atoms with van der Waals surface area (Å²) in [5, 5.41) is 6.23. The van der Waals surface area contributed by atoms with Crippen molar-refractivity contribution in [2.75, 3.05) is 17.2 Å². The van der Waals surface area contributed by atoms with Gasteiger partial charge >= 0.3 is 6.09 Å². The molecule has 4 aromatic rings. The fraction of sp³-hybridized carbons (Fsp3) is 0.136. The number of hydrogen-bond donors (Lipinski definition) is 3. The quantitative estimate of drug-likeness (QED) is 0.399. The Morgan fingerprint density at radius 2 is 1.70 bits per heavy atom. The van der Waals surface area contributed by atoms with E-state index in [1.807, 2.05) is 36.4 Å². The van der Waals surface area contributed by atoms with Gasteiger partial charge in [-0.1, -0.05) is 60.7 Å². The van der Waals surface area contributed by atoms with E-state index in [9.17, 15) is 4.79 Å². The summed E-state index contributed by atoms with van der Waals surface area (Å²) in [6.07, 6.45) is 1.03. The predicted octanol–water partition coefficient (Wildman–Crippen LogP) is 5.15. The number of imidazole rings is 1. The normalized spacial score (nSPS) is 10.5. The molecular formula is C22H22ClN5O2. The average Bonchev–Trinajstić information content (AvgIpc) is 3.22. The number of carbonyl (C=O) groups excluding carboxylic acids is 1. The fourth-order valence-corrected chi connectivity index (χ4v) is 3.18. The van der Waals surface area contributed by atoms with E-state index in [2.05, 4.69) is 49.9 Å². The Labute approximate surface area is 180 Å². The Hall–Kier alpha value is -3.58. The van der Waals surface area contributed by atoms with E-state index in [1.165, 1.54) is 0 Å². The minimum atomic E-state index is -0.552. The van der Waals surface area contributed by atoms with E-state index in [4.69, 9.17) is 4.74 Å². The summed E-state index contributed by atoms with van der Waals surface area (Å²) < 4.78 is 4.96. The van der Waals surface area contributed by atoms with E-state index >= 15 is 0 Å². The topological polar surface area (TPSA) is 91.9 Å². The Kier molecular flexibility index (Phi) is 6.87. The molecule has 0 saturated heterocycles. The van der Waals surface area contributed by atoms with Crippen LogP contribution in [0.2, 0.25) is 0 Å². The molecule has 7 nitrogen and oxygen atoms in total. The van der Waals surface area contributed by atoms with Gasteiger partial charge in [-0.25, -0.2) is 14.8 Å². The molecule has 3 N–H and O–H groups in total. The molecule has 0 aliphatic rings. The van der Waals surface area contributed by atoms with Gasteiger partial charge in [0.2, 0.25) is 0 Å². The second-order valence-electron chi connectivity index (χ2n) is 6.40. The molecule has 0 spiro atoms. The first-order chi connectivity index (χ1) is 14.2. The van der Waals surface area contributed by atoms with Crippen LogP contribution < -0.4 is 10.6 Å². The van der Waals surface area contributed by atoms with Crippen LogP contribution in [0, 0.1) is 0 Å². The van der Waals surface area contributed by atoms with Crippen LogP contribution in [0.15, 0.2) is 73.1 Å². The number of rotatable bonds is 6. The van der Waals surface area contributed by atoms with E-state index < -0.39 is 6.09 Å². The largest absolute Gasteiger partial charge is 0.450 e. The molecule has 0 radical (unpaired) electrons. The number of aromatic nitrogens is 3. The highest BCUT2D eigenvalue weighted by atomic mass is 35.5. The lowest BCUT2D eigenvalue weighted by molar-refractivity contribution is 0.168. The van der Waals surface area contributed by atoms with Crippen LogP contribution in [0.1, 0.15) is 24.1 Å². The lowest BCUT2D eigenvalue weighted by atomic mass is 9.98. The molecule has 1 amide bonds. The molecular weight excluding hydrogens is 402 g/mol. The van der Waals surface area contributed by atoms with Crippen molar-refractivity contribution in [1.29, 1.82) is 0 Å². The number of ether oxygens (including phenoxy) is 1. The Morgan fingerprint density at radius 3 is 2.30 bits per heavy atom. The number of aromatic amines is 1. The smallest absolute Gasteiger partial charge is 0.412 e. The van der Waals surface area contributed by atoms with Crippen molar-refractivity contribution in [1.82, 2.24) is 15.0 Å². The molecule has 2 aromatic carbocycles. The van der Waals surface area contributed by atoms with Gasteiger partial charge in [0.1, 0.15) is 11.3 Å². The number of fused-ring (bicyclic) bond motifs is 1. The second kappa shape index (κ2) is 9.76. The van der Waals surface area contributed by atoms with Crippen molar-refractivity contribution in [3.8, 4) is 0 Å². The standard InChI is InChI=1S/C22H21N5O2.ClH/c1-2-29-22(28)27-18-13-17(20-21(26-18)24-14-23-20)25-19(15-9-5-3-6-10-15)16-11-7-4-8-12-16;/h3-14,19H,2H2,1H3,(H3,23,24,25,26,27,28);1H. The van der Waals surface area contributed by atoms with Crippen molar-refractivity contribution in [2.45, 2.75) is 13.0 Å². The van der Waals surface area contributed by atoms with E-state index in [1.54, 1.807) is 19.3 Å². The number of carbonyl (C=O) groups is 1. The molecule has 0 fully saturated rings. The zero-order chi connectivity index (χ0) is 20.1. The van der Waals surface area contributed by atoms with Crippen LogP contribution in [-0.4, -0.2) is 27.7 Å². The minimum absolute atomic E-state index is 0. The first kappa shape index (κ1) is 21.1. The maximum absolute atomic E-state index is 11.8. The highest BCUT2D eigenvalue weighted by Gasteiger charge is 2.17. The van der Waals surface area contributed by atoms with Gasteiger partial charge in [0.05, 0.1) is 24.7 Å². The van der Waals surface area contributed by atoms with Crippen LogP contribution >= 0.6 is 12.4 Å². The molecule has 8 heteroatoms. The summed E-state index contributed by atoms with van der Waals surface area (Å²) in [4.78, 5) is 23.6. The van der Waals surface area contributed by atoms with Crippen LogP contribution in [0.4, 0.5) is 16.3 Å². The van der Waals surface area contributed by atoms with Crippen molar-refractivity contribution < 1.29 is 9.53 Å². The number of benzene rings is 2. The van der Waals surface area contributed by atoms with Gasteiger partial charge in [-0.05, 0) is 18.1 Å². The first-order valence-corrected chi connectivity index (χ1v) is 9.39. The number of anilines is 2. The maximum atomic E-state index is 11.8. The van der Waals surface area contributed by atoms with Crippen LogP contribution in [0.25, 0.3) is 11.2 Å². The van der Waals surface area contributed by atoms with Crippen molar-refractivity contribution in [3.63, 3.8) is 0 Å². The molecule has 0 bridgehead atoms. The molecule has 4 rings (SSSR count). The van der Waals surface area contributed by atoms with Gasteiger partial charge < -0.3 is 15.0 Å². The zero-order valence-corrected chi connectivity index (χ0v) is 17.1. The summed E-state index contributed by atoms with van der Waals surface area (Å²) in [6, 6.07) is 22.0. The van der Waals surface area contributed by atoms with Gasteiger partial charge in [-0.15, -0.1) is 12.4 Å². The van der Waals surface area contributed by atoms with Crippen molar-refractivity contribution >= 4 is 41.2 Å². The van der Waals surface area contributed by atoms with Crippen molar-refractivity contribution in [3.05, 3.63) is 84.2 Å². The molecule has 2 aromatic heterocycles. The molecule has 0 aliphatic heterocycles. The number of pyridine rings is 1. The number of amides is 1. The number of halogens is 1. The van der Waals surface area contributed by atoms with Gasteiger partial charge in [0.25, 0.3) is 0 Å². The predicted molar refractivity (Wildman–Crippen MR) is 120 cm³/mol. The molecule has 0 saturated carbocycles. The molecule has 0 unspecified atom stereocenters. The molecule has 2 heterocycles. The summed E-state index contributed by atoms with van der Waals surface area (Å²) >= 11 is 0. The summed E-state index contributed by atoms with van der Waals surface area (Å²) in [6.45, 7) is 2.03. The van der Waals surface area contributed by atoms with Gasteiger partial charge in [-0.3, -0.25) is 5.32 Å². The van der Waals surface area contributed by atoms with E-state index in [-0.39, 0.29) is 25.1 Å². The molecule has 154 valence electrons. The number of nitrogens with zero attached hydrogens (tertiary/aromatic N) is 2. The van der Waals surface area contributed by atoms with E-state index in [0.717, 1.165) is 22.3 Å². The number of H-pyrrole nitrogens is 1. The minimum Gasteiger partial charge on any atom is -0.450 e. The molecule has 30 heavy (non-hydrogen) atoms. The third-order valence-electron chi connectivity index (χ3n) is 4.47. The van der Waals surface area contributed by atoms with Crippen LogP contribution in [-0.2, 0) is 4.74 Å². The third kappa shape index (κ3) is 4.69. The molecule has 0 atom stereocenters. The Bertz CT molecular complexity index is 1060. The Balaban J connectivity index is 0.00000256. The fourth-order valence-electron chi connectivity index (χ4n) is 3.18. The van der Waals surface area contributed by atoms with E-state index in [0.29, 0.717) is 11.5 Å².